The Hall–Kier alpha value is -7.37. The van der Waals surface area contributed by atoms with Gasteiger partial charge in [-0.3, -0.25) is 0 Å². The second-order valence-electron chi connectivity index (χ2n) is 13.6. The Bertz CT molecular complexity index is 3210. The molecule has 0 aliphatic heterocycles. The molecule has 0 amide bonds. The summed E-state index contributed by atoms with van der Waals surface area (Å²) < 4.78 is 12.8. The van der Waals surface area contributed by atoms with E-state index < -0.39 is 0 Å². The molecule has 5 heteroatoms. The summed E-state index contributed by atoms with van der Waals surface area (Å²) in [6.07, 6.45) is 0. The van der Waals surface area contributed by atoms with Crippen LogP contribution in [0.15, 0.2) is 185 Å². The van der Waals surface area contributed by atoms with Crippen LogP contribution in [0.2, 0.25) is 0 Å². The third-order valence-electron chi connectivity index (χ3n) is 10.4. The van der Waals surface area contributed by atoms with Gasteiger partial charge >= 0.3 is 0 Å². The van der Waals surface area contributed by atoms with Gasteiger partial charge in [0, 0.05) is 32.7 Å². The van der Waals surface area contributed by atoms with Crippen LogP contribution in [0.4, 0.5) is 0 Å². The van der Waals surface area contributed by atoms with E-state index >= 15 is 0 Å². The highest BCUT2D eigenvalue weighted by atomic mass is 16.3. The molecule has 8 aromatic carbocycles. The van der Waals surface area contributed by atoms with E-state index in [2.05, 4.69) is 115 Å². The Kier molecular flexibility index (Phi) is 6.79. The molecule has 11 aromatic rings. The third kappa shape index (κ3) is 4.98. The topological polar surface area (TPSA) is 65.0 Å². The van der Waals surface area contributed by atoms with E-state index in [1.54, 1.807) is 0 Å². The van der Waals surface area contributed by atoms with Crippen LogP contribution in [0, 0.1) is 0 Å². The predicted molar refractivity (Wildman–Crippen MR) is 219 cm³/mol. The van der Waals surface area contributed by atoms with Crippen LogP contribution in [0.5, 0.6) is 0 Å². The van der Waals surface area contributed by atoms with Gasteiger partial charge in [0.15, 0.2) is 17.5 Å². The molecule has 0 spiro atoms. The highest BCUT2D eigenvalue weighted by Gasteiger charge is 2.18. The Morgan fingerprint density at radius 3 is 1.76 bits per heavy atom. The molecule has 11 rings (SSSR count). The first kappa shape index (κ1) is 30.3. The van der Waals surface area contributed by atoms with Gasteiger partial charge < -0.3 is 8.83 Å². The van der Waals surface area contributed by atoms with E-state index in [4.69, 9.17) is 23.8 Å². The van der Waals surface area contributed by atoms with Crippen LogP contribution >= 0.6 is 0 Å². The first-order valence-electron chi connectivity index (χ1n) is 18.0. The van der Waals surface area contributed by atoms with Crippen molar-refractivity contribution in [1.29, 1.82) is 0 Å². The number of aromatic nitrogens is 3. The Labute approximate surface area is 309 Å². The molecule has 5 nitrogen and oxygen atoms in total. The summed E-state index contributed by atoms with van der Waals surface area (Å²) >= 11 is 0. The van der Waals surface area contributed by atoms with Crippen LogP contribution < -0.4 is 0 Å². The summed E-state index contributed by atoms with van der Waals surface area (Å²) in [5, 5.41) is 6.77. The minimum atomic E-state index is 0.562. The molecular formula is C49H29N3O2. The van der Waals surface area contributed by atoms with Crippen molar-refractivity contribution >= 4 is 54.6 Å². The van der Waals surface area contributed by atoms with Gasteiger partial charge in [-0.2, -0.15) is 0 Å². The molecule has 0 radical (unpaired) electrons. The number of hydrogen-bond acceptors (Lipinski definition) is 5. The second kappa shape index (κ2) is 12.1. The van der Waals surface area contributed by atoms with Crippen molar-refractivity contribution < 1.29 is 8.83 Å². The minimum Gasteiger partial charge on any atom is -0.456 e. The zero-order valence-corrected chi connectivity index (χ0v) is 28.9. The molecule has 0 bridgehead atoms. The van der Waals surface area contributed by atoms with E-state index in [1.165, 1.54) is 21.9 Å². The first-order chi connectivity index (χ1) is 26.7. The van der Waals surface area contributed by atoms with Crippen molar-refractivity contribution in [3.63, 3.8) is 0 Å². The van der Waals surface area contributed by atoms with Gasteiger partial charge in [0.1, 0.15) is 22.3 Å². The third-order valence-corrected chi connectivity index (χ3v) is 10.4. The van der Waals surface area contributed by atoms with E-state index in [9.17, 15) is 0 Å². The van der Waals surface area contributed by atoms with Gasteiger partial charge in [-0.15, -0.1) is 0 Å². The Morgan fingerprint density at radius 2 is 0.889 bits per heavy atom. The zero-order chi connectivity index (χ0) is 35.6. The molecular weight excluding hydrogens is 663 g/mol. The number of rotatable bonds is 5. The molecule has 0 saturated carbocycles. The lowest BCUT2D eigenvalue weighted by atomic mass is 9.96. The predicted octanol–water partition coefficient (Wildman–Crippen LogP) is 13.2. The highest BCUT2D eigenvalue weighted by Crippen LogP contribution is 2.38. The maximum Gasteiger partial charge on any atom is 0.167 e. The molecule has 0 atom stereocenters. The molecule has 3 heterocycles. The lowest BCUT2D eigenvalue weighted by Crippen LogP contribution is -2.00. The average molecular weight is 692 g/mol. The maximum absolute atomic E-state index is 6.41. The molecule has 3 aromatic heterocycles. The molecule has 0 N–H and O–H groups in total. The molecule has 0 saturated heterocycles. The zero-order valence-electron chi connectivity index (χ0n) is 28.9. The van der Waals surface area contributed by atoms with E-state index in [0.29, 0.717) is 17.5 Å². The molecule has 252 valence electrons. The lowest BCUT2D eigenvalue weighted by molar-refractivity contribution is 0.669. The van der Waals surface area contributed by atoms with Gasteiger partial charge in [0.05, 0.1) is 5.56 Å². The van der Waals surface area contributed by atoms with Crippen LogP contribution in [0.3, 0.4) is 0 Å². The number of para-hydroxylation sites is 2. The average Bonchev–Trinajstić information content (AvgIpc) is 3.81. The number of fused-ring (bicyclic) bond motifs is 7. The fourth-order valence-corrected chi connectivity index (χ4v) is 7.68. The second-order valence-corrected chi connectivity index (χ2v) is 13.6. The Balaban J connectivity index is 0.972. The summed E-state index contributed by atoms with van der Waals surface area (Å²) in [4.78, 5) is 15.0. The number of furan rings is 2. The van der Waals surface area contributed by atoms with Gasteiger partial charge in [-0.1, -0.05) is 140 Å². The summed E-state index contributed by atoms with van der Waals surface area (Å²) in [5.74, 6) is 1.76. The maximum atomic E-state index is 6.41. The summed E-state index contributed by atoms with van der Waals surface area (Å²) in [5.41, 5.74) is 10.5. The minimum absolute atomic E-state index is 0.562. The smallest absolute Gasteiger partial charge is 0.167 e. The standard InChI is InChI=1S/C49H29N3O2/c1-2-11-32(12-3-1)47-50-48(52-49(51-47)41-18-9-17-40-38-15-6-7-19-43(38)54-46(40)41)33-22-20-30(21-23-33)34-24-26-39-42-28-35(25-27-44(42)53-45(39)29-34)37-16-8-13-31-10-4-5-14-36(31)37/h1-29H. The highest BCUT2D eigenvalue weighted by molar-refractivity contribution is 6.10. The summed E-state index contributed by atoms with van der Waals surface area (Å²) in [7, 11) is 0. The van der Waals surface area contributed by atoms with Crippen LogP contribution in [-0.4, -0.2) is 15.0 Å². The summed E-state index contributed by atoms with van der Waals surface area (Å²) in [6.45, 7) is 0. The van der Waals surface area contributed by atoms with Gasteiger partial charge in [-0.05, 0) is 69.4 Å². The Morgan fingerprint density at radius 1 is 0.296 bits per heavy atom. The molecule has 0 aliphatic carbocycles. The van der Waals surface area contributed by atoms with Crippen molar-refractivity contribution in [2.24, 2.45) is 0 Å². The van der Waals surface area contributed by atoms with Crippen molar-refractivity contribution in [3.8, 4) is 56.4 Å². The number of nitrogens with zero attached hydrogens (tertiary/aromatic N) is 3. The number of benzene rings is 8. The van der Waals surface area contributed by atoms with E-state index in [-0.39, 0.29) is 0 Å². The van der Waals surface area contributed by atoms with Crippen LogP contribution in [-0.2, 0) is 0 Å². The monoisotopic (exact) mass is 691 g/mol. The quantitative estimate of drug-likeness (QED) is 0.180. The fraction of sp³-hybridized carbons (Fsp3) is 0. The van der Waals surface area contributed by atoms with Crippen LogP contribution in [0.25, 0.3) is 111 Å². The van der Waals surface area contributed by atoms with E-state index in [1.807, 2.05) is 60.7 Å². The van der Waals surface area contributed by atoms with Crippen molar-refractivity contribution in [2.75, 3.05) is 0 Å². The van der Waals surface area contributed by atoms with Gasteiger partial charge in [-0.25, -0.2) is 15.0 Å². The normalized spacial score (nSPS) is 11.7. The molecule has 0 fully saturated rings. The van der Waals surface area contributed by atoms with Crippen molar-refractivity contribution in [3.05, 3.63) is 176 Å². The molecule has 0 unspecified atom stereocenters. The summed E-state index contributed by atoms with van der Waals surface area (Å²) in [6, 6.07) is 60.6. The van der Waals surface area contributed by atoms with Crippen molar-refractivity contribution in [2.45, 2.75) is 0 Å². The SMILES string of the molecule is c1ccc(-c2nc(-c3ccc(-c4ccc5c(c4)oc4ccc(-c6cccc7ccccc67)cc45)cc3)nc(-c3cccc4c3oc3ccccc34)n2)cc1. The van der Waals surface area contributed by atoms with Crippen molar-refractivity contribution in [1.82, 2.24) is 15.0 Å². The fourth-order valence-electron chi connectivity index (χ4n) is 7.68. The molecule has 0 aliphatic rings. The van der Waals surface area contributed by atoms with Crippen LogP contribution in [0.1, 0.15) is 0 Å². The van der Waals surface area contributed by atoms with Gasteiger partial charge in [0.25, 0.3) is 0 Å². The lowest BCUT2D eigenvalue weighted by Gasteiger charge is -2.09. The molecule has 54 heavy (non-hydrogen) atoms. The largest absolute Gasteiger partial charge is 0.456 e. The van der Waals surface area contributed by atoms with Gasteiger partial charge in [0.2, 0.25) is 0 Å². The first-order valence-corrected chi connectivity index (χ1v) is 18.0. The van der Waals surface area contributed by atoms with E-state index in [0.717, 1.165) is 71.7 Å². The number of hydrogen-bond donors (Lipinski definition) is 0.